The summed E-state index contributed by atoms with van der Waals surface area (Å²) in [5.41, 5.74) is -0.370. The number of nitrogens with one attached hydrogen (secondary N) is 2. The van der Waals surface area contributed by atoms with Crippen LogP contribution in [0.5, 0.6) is 5.75 Å². The van der Waals surface area contributed by atoms with Crippen molar-refractivity contribution in [3.63, 3.8) is 0 Å². The Kier molecular flexibility index (Phi) is 5.03. The minimum Gasteiger partial charge on any atom is -0.404 e. The Bertz CT molecular complexity index is 481. The first-order chi connectivity index (χ1) is 9.46. The second-order valence-electron chi connectivity index (χ2n) is 5.53. The molecule has 0 aliphatic heterocycles. The highest BCUT2D eigenvalue weighted by atomic mass is 19.4. The molecule has 21 heavy (non-hydrogen) atoms. The van der Waals surface area contributed by atoms with Crippen LogP contribution in [0.4, 0.5) is 19.0 Å². The van der Waals surface area contributed by atoms with Crippen molar-refractivity contribution in [1.82, 2.24) is 10.3 Å². The molecule has 1 aromatic heterocycles. The molecule has 2 N–H and O–H groups in total. The second kappa shape index (κ2) is 6.19. The summed E-state index contributed by atoms with van der Waals surface area (Å²) in [4.78, 5) is 15.6. The number of nitrogens with zero attached hydrogens (tertiary/aromatic N) is 1. The molecule has 0 saturated carbocycles. The van der Waals surface area contributed by atoms with Gasteiger partial charge in [-0.3, -0.25) is 4.79 Å². The third-order valence-electron chi connectivity index (χ3n) is 2.23. The third kappa shape index (κ3) is 6.82. The summed E-state index contributed by atoms with van der Waals surface area (Å²) >= 11 is 0. The molecule has 0 aliphatic rings. The van der Waals surface area contributed by atoms with Crippen LogP contribution in [-0.2, 0) is 4.79 Å². The van der Waals surface area contributed by atoms with Crippen LogP contribution in [0.25, 0.3) is 0 Å². The molecule has 0 radical (unpaired) electrons. The summed E-state index contributed by atoms with van der Waals surface area (Å²) in [6.45, 7) is 7.17. The Hall–Kier alpha value is -1.99. The van der Waals surface area contributed by atoms with Crippen LogP contribution in [0.2, 0.25) is 0 Å². The van der Waals surface area contributed by atoms with E-state index < -0.39 is 18.2 Å². The molecule has 1 heterocycles. The van der Waals surface area contributed by atoms with Gasteiger partial charge < -0.3 is 15.4 Å². The highest BCUT2D eigenvalue weighted by Crippen LogP contribution is 2.22. The Labute approximate surface area is 120 Å². The first kappa shape index (κ1) is 17.1. The highest BCUT2D eigenvalue weighted by molar-refractivity contribution is 5.84. The summed E-state index contributed by atoms with van der Waals surface area (Å²) in [6.07, 6.45) is -3.82. The van der Waals surface area contributed by atoms with Gasteiger partial charge in [-0.25, -0.2) is 4.98 Å². The number of halogens is 3. The molecular weight excluding hydrogens is 287 g/mol. The molecule has 0 aliphatic carbocycles. The number of hydrogen-bond donors (Lipinski definition) is 2. The van der Waals surface area contributed by atoms with Crippen LogP contribution in [0.15, 0.2) is 18.3 Å². The lowest BCUT2D eigenvalue weighted by atomic mass is 10.1. The Morgan fingerprint density at radius 1 is 1.29 bits per heavy atom. The van der Waals surface area contributed by atoms with E-state index >= 15 is 0 Å². The van der Waals surface area contributed by atoms with Crippen LogP contribution in [0.1, 0.15) is 27.7 Å². The molecule has 1 aromatic rings. The summed E-state index contributed by atoms with van der Waals surface area (Å²) < 4.78 is 39.7. The number of amides is 1. The Morgan fingerprint density at radius 2 is 1.90 bits per heavy atom. The normalized spacial score (nSPS) is 13.5. The van der Waals surface area contributed by atoms with Crippen molar-refractivity contribution in [3.05, 3.63) is 18.3 Å². The Balaban J connectivity index is 2.61. The first-order valence-electron chi connectivity index (χ1n) is 6.27. The molecule has 0 saturated heterocycles. The first-order valence-corrected chi connectivity index (χ1v) is 6.27. The molecule has 5 nitrogen and oxygen atoms in total. The average molecular weight is 305 g/mol. The maximum Gasteiger partial charge on any atom is 0.573 e. The summed E-state index contributed by atoms with van der Waals surface area (Å²) in [7, 11) is 0. The molecule has 0 aromatic carbocycles. The largest absolute Gasteiger partial charge is 0.573 e. The Morgan fingerprint density at radius 3 is 2.33 bits per heavy atom. The van der Waals surface area contributed by atoms with Crippen LogP contribution in [0.3, 0.4) is 0 Å². The lowest BCUT2D eigenvalue weighted by Crippen LogP contribution is -2.47. The quantitative estimate of drug-likeness (QED) is 0.898. The van der Waals surface area contributed by atoms with Gasteiger partial charge in [0, 0.05) is 5.54 Å². The van der Waals surface area contributed by atoms with Gasteiger partial charge in [-0.1, -0.05) is 0 Å². The van der Waals surface area contributed by atoms with E-state index in [0.717, 1.165) is 12.3 Å². The molecular formula is C13H18F3N3O2. The van der Waals surface area contributed by atoms with Crippen molar-refractivity contribution in [2.24, 2.45) is 0 Å². The molecule has 1 amide bonds. The summed E-state index contributed by atoms with van der Waals surface area (Å²) in [6, 6.07) is 1.85. The zero-order valence-corrected chi connectivity index (χ0v) is 12.2. The minimum absolute atomic E-state index is 0.236. The van der Waals surface area contributed by atoms with E-state index in [0.29, 0.717) is 0 Å². The van der Waals surface area contributed by atoms with Gasteiger partial charge in [-0.05, 0) is 39.8 Å². The number of carbonyl (C=O) groups is 1. The molecule has 8 heteroatoms. The molecule has 1 unspecified atom stereocenters. The van der Waals surface area contributed by atoms with Gasteiger partial charge in [-0.2, -0.15) is 0 Å². The average Bonchev–Trinajstić information content (AvgIpc) is 2.27. The minimum atomic E-state index is -4.75. The number of alkyl halides is 3. The number of aromatic nitrogens is 1. The zero-order chi connectivity index (χ0) is 16.3. The predicted octanol–water partition coefficient (Wildman–Crippen LogP) is 2.70. The SMILES string of the molecule is CC(Nc1ccc(OC(F)(F)F)cn1)C(=O)NC(C)(C)C. The molecule has 0 spiro atoms. The highest BCUT2D eigenvalue weighted by Gasteiger charge is 2.31. The van der Waals surface area contributed by atoms with Gasteiger partial charge in [0.25, 0.3) is 0 Å². The fourth-order valence-corrected chi connectivity index (χ4v) is 1.42. The molecule has 0 fully saturated rings. The maximum atomic E-state index is 12.0. The fourth-order valence-electron chi connectivity index (χ4n) is 1.42. The molecule has 0 bridgehead atoms. The zero-order valence-electron chi connectivity index (χ0n) is 12.2. The standard InChI is InChI=1S/C13H18F3N3O2/c1-8(11(20)19-12(2,3)4)18-10-6-5-9(7-17-10)21-13(14,15)16/h5-8H,1-4H3,(H,17,18)(H,19,20). The van der Waals surface area contributed by atoms with Crippen molar-refractivity contribution < 1.29 is 22.7 Å². The van der Waals surface area contributed by atoms with E-state index in [4.69, 9.17) is 0 Å². The van der Waals surface area contributed by atoms with Gasteiger partial charge in [0.2, 0.25) is 5.91 Å². The number of rotatable bonds is 4. The van der Waals surface area contributed by atoms with Gasteiger partial charge in [0.05, 0.1) is 6.20 Å². The van der Waals surface area contributed by atoms with E-state index in [1.165, 1.54) is 6.07 Å². The van der Waals surface area contributed by atoms with Crippen LogP contribution in [-0.4, -0.2) is 28.8 Å². The molecule has 118 valence electrons. The number of pyridine rings is 1. The van der Waals surface area contributed by atoms with Crippen molar-refractivity contribution in [3.8, 4) is 5.75 Å². The van der Waals surface area contributed by atoms with E-state index in [1.54, 1.807) is 6.92 Å². The predicted molar refractivity (Wildman–Crippen MR) is 71.9 cm³/mol. The van der Waals surface area contributed by atoms with E-state index in [1.807, 2.05) is 20.8 Å². The van der Waals surface area contributed by atoms with Gasteiger partial charge in [0.1, 0.15) is 17.6 Å². The van der Waals surface area contributed by atoms with Crippen molar-refractivity contribution in [1.29, 1.82) is 0 Å². The van der Waals surface area contributed by atoms with E-state index in [-0.39, 0.29) is 17.3 Å². The second-order valence-corrected chi connectivity index (χ2v) is 5.53. The summed E-state index contributed by atoms with van der Waals surface area (Å²) in [5, 5.41) is 5.57. The van der Waals surface area contributed by atoms with Crippen LogP contribution in [0, 0.1) is 0 Å². The number of ether oxygens (including phenoxy) is 1. The number of anilines is 1. The molecule has 1 rings (SSSR count). The van der Waals surface area contributed by atoms with Gasteiger partial charge in [0.15, 0.2) is 0 Å². The van der Waals surface area contributed by atoms with Crippen molar-refractivity contribution in [2.75, 3.05) is 5.32 Å². The van der Waals surface area contributed by atoms with Crippen LogP contribution >= 0.6 is 0 Å². The van der Waals surface area contributed by atoms with Crippen molar-refractivity contribution in [2.45, 2.75) is 45.6 Å². The van der Waals surface area contributed by atoms with Crippen molar-refractivity contribution >= 4 is 11.7 Å². The fraction of sp³-hybridized carbons (Fsp3) is 0.538. The smallest absolute Gasteiger partial charge is 0.404 e. The van der Waals surface area contributed by atoms with E-state index in [9.17, 15) is 18.0 Å². The lowest BCUT2D eigenvalue weighted by Gasteiger charge is -2.23. The van der Waals surface area contributed by atoms with Gasteiger partial charge in [-0.15, -0.1) is 13.2 Å². The number of carbonyl (C=O) groups excluding carboxylic acids is 1. The van der Waals surface area contributed by atoms with Gasteiger partial charge >= 0.3 is 6.36 Å². The van der Waals surface area contributed by atoms with Crippen LogP contribution < -0.4 is 15.4 Å². The topological polar surface area (TPSA) is 63.2 Å². The summed E-state index contributed by atoms with van der Waals surface area (Å²) in [5.74, 6) is -0.374. The van der Waals surface area contributed by atoms with E-state index in [2.05, 4.69) is 20.4 Å². The number of hydrogen-bond acceptors (Lipinski definition) is 4. The monoisotopic (exact) mass is 305 g/mol. The lowest BCUT2D eigenvalue weighted by molar-refractivity contribution is -0.274. The third-order valence-corrected chi connectivity index (χ3v) is 2.23. The molecule has 1 atom stereocenters. The maximum absolute atomic E-state index is 12.0.